The lowest BCUT2D eigenvalue weighted by atomic mass is 10.2. The first-order chi connectivity index (χ1) is 11.5. The third-order valence-corrected chi connectivity index (χ3v) is 3.57. The summed E-state index contributed by atoms with van der Waals surface area (Å²) in [5, 5.41) is 9.45. The Morgan fingerprint density at radius 2 is 2.04 bits per heavy atom. The second-order valence-electron chi connectivity index (χ2n) is 6.83. The Morgan fingerprint density at radius 3 is 2.52 bits per heavy atom. The number of aromatic nitrogens is 1. The molecule has 1 amide bonds. The minimum absolute atomic E-state index is 0.0285. The number of rotatable bonds is 3. The SMILES string of the molecule is CC(C)(C)OC(=O)N1CC(Oc2ccc(C(F)(F)F)cn2)CC1CO. The molecular formula is C16H21F3N2O4. The van der Waals surface area contributed by atoms with Gasteiger partial charge in [0, 0.05) is 18.7 Å². The van der Waals surface area contributed by atoms with Crippen molar-refractivity contribution in [2.45, 2.75) is 51.1 Å². The van der Waals surface area contributed by atoms with Crippen LogP contribution in [0.25, 0.3) is 0 Å². The molecule has 1 saturated heterocycles. The summed E-state index contributed by atoms with van der Waals surface area (Å²) in [7, 11) is 0. The Balaban J connectivity index is 2.01. The second kappa shape index (κ2) is 7.07. The first-order valence-electron chi connectivity index (χ1n) is 7.80. The van der Waals surface area contributed by atoms with Gasteiger partial charge >= 0.3 is 12.3 Å². The van der Waals surface area contributed by atoms with Crippen molar-refractivity contribution < 1.29 is 32.5 Å². The molecule has 2 atom stereocenters. The molecule has 2 heterocycles. The Labute approximate surface area is 143 Å². The van der Waals surface area contributed by atoms with Gasteiger partial charge in [-0.1, -0.05) is 0 Å². The number of likely N-dealkylation sites (tertiary alicyclic amines) is 1. The van der Waals surface area contributed by atoms with Crippen LogP contribution >= 0.6 is 0 Å². The summed E-state index contributed by atoms with van der Waals surface area (Å²) in [5.41, 5.74) is -1.54. The van der Waals surface area contributed by atoms with Crippen LogP contribution in [0.4, 0.5) is 18.0 Å². The number of ether oxygens (including phenoxy) is 2. The molecule has 1 fully saturated rings. The maximum absolute atomic E-state index is 12.5. The first-order valence-corrected chi connectivity index (χ1v) is 7.80. The van der Waals surface area contributed by atoms with Crippen LogP contribution in [0.2, 0.25) is 0 Å². The molecule has 9 heteroatoms. The fourth-order valence-electron chi connectivity index (χ4n) is 2.46. The topological polar surface area (TPSA) is 71.9 Å². The van der Waals surface area contributed by atoms with E-state index in [1.54, 1.807) is 20.8 Å². The molecule has 2 rings (SSSR count). The second-order valence-corrected chi connectivity index (χ2v) is 6.83. The minimum Gasteiger partial charge on any atom is -0.472 e. The molecule has 1 aromatic heterocycles. The van der Waals surface area contributed by atoms with Crippen LogP contribution in [0.5, 0.6) is 5.88 Å². The fraction of sp³-hybridized carbons (Fsp3) is 0.625. The highest BCUT2D eigenvalue weighted by atomic mass is 19.4. The molecule has 6 nitrogen and oxygen atoms in total. The van der Waals surface area contributed by atoms with E-state index in [1.807, 2.05) is 0 Å². The van der Waals surface area contributed by atoms with Crippen LogP contribution < -0.4 is 4.74 Å². The third kappa shape index (κ3) is 5.22. The summed E-state index contributed by atoms with van der Waals surface area (Å²) in [4.78, 5) is 17.2. The number of hydrogen-bond acceptors (Lipinski definition) is 5. The minimum atomic E-state index is -4.46. The van der Waals surface area contributed by atoms with Gasteiger partial charge < -0.3 is 14.6 Å². The standard InChI is InChI=1S/C16H21F3N2O4/c1-15(2,3)25-14(23)21-8-12(6-11(21)9-22)24-13-5-4-10(7-20-13)16(17,18)19/h4-5,7,11-12,22H,6,8-9H2,1-3H3. The van der Waals surface area contributed by atoms with Gasteiger partial charge in [0.1, 0.15) is 11.7 Å². The van der Waals surface area contributed by atoms with E-state index in [0.717, 1.165) is 12.1 Å². The summed E-state index contributed by atoms with van der Waals surface area (Å²) < 4.78 is 48.4. The Morgan fingerprint density at radius 1 is 1.36 bits per heavy atom. The molecule has 140 valence electrons. The lowest BCUT2D eigenvalue weighted by Crippen LogP contribution is -2.41. The number of nitrogens with zero attached hydrogens (tertiary/aromatic N) is 2. The average molecular weight is 362 g/mol. The number of hydrogen-bond donors (Lipinski definition) is 1. The van der Waals surface area contributed by atoms with Gasteiger partial charge in [0.2, 0.25) is 5.88 Å². The molecule has 2 unspecified atom stereocenters. The van der Waals surface area contributed by atoms with Crippen molar-refractivity contribution in [3.05, 3.63) is 23.9 Å². The van der Waals surface area contributed by atoms with Crippen molar-refractivity contribution in [3.63, 3.8) is 0 Å². The van der Waals surface area contributed by atoms with Crippen LogP contribution in [-0.2, 0) is 10.9 Å². The van der Waals surface area contributed by atoms with E-state index in [1.165, 1.54) is 4.90 Å². The molecule has 1 N–H and O–H groups in total. The van der Waals surface area contributed by atoms with E-state index < -0.39 is 35.6 Å². The van der Waals surface area contributed by atoms with Gasteiger partial charge in [-0.05, 0) is 26.8 Å². The molecule has 25 heavy (non-hydrogen) atoms. The lowest BCUT2D eigenvalue weighted by molar-refractivity contribution is -0.137. The number of alkyl halides is 3. The summed E-state index contributed by atoms with van der Waals surface area (Å²) in [5.74, 6) is 0.0285. The van der Waals surface area contributed by atoms with Crippen molar-refractivity contribution in [2.24, 2.45) is 0 Å². The highest BCUT2D eigenvalue weighted by molar-refractivity contribution is 5.69. The molecule has 0 aliphatic carbocycles. The monoisotopic (exact) mass is 362 g/mol. The number of carbonyl (C=O) groups excluding carboxylic acids is 1. The van der Waals surface area contributed by atoms with Gasteiger partial charge in [-0.25, -0.2) is 9.78 Å². The number of halogens is 3. The number of amides is 1. The Hall–Kier alpha value is -2.03. The van der Waals surface area contributed by atoms with Crippen LogP contribution in [0.1, 0.15) is 32.8 Å². The van der Waals surface area contributed by atoms with E-state index >= 15 is 0 Å². The molecule has 1 aliphatic heterocycles. The van der Waals surface area contributed by atoms with Gasteiger partial charge in [0.05, 0.1) is 24.8 Å². The van der Waals surface area contributed by atoms with E-state index in [2.05, 4.69) is 4.98 Å². The van der Waals surface area contributed by atoms with Gasteiger partial charge in [0.25, 0.3) is 0 Å². The molecule has 0 bridgehead atoms. The molecule has 0 spiro atoms. The van der Waals surface area contributed by atoms with Gasteiger partial charge in [-0.3, -0.25) is 4.90 Å². The van der Waals surface area contributed by atoms with Gasteiger partial charge in [0.15, 0.2) is 0 Å². The molecule has 0 aromatic carbocycles. The van der Waals surface area contributed by atoms with Crippen LogP contribution in [0, 0.1) is 0 Å². The predicted molar refractivity (Wildman–Crippen MR) is 82.1 cm³/mol. The maximum atomic E-state index is 12.5. The van der Waals surface area contributed by atoms with Crippen LogP contribution in [0.15, 0.2) is 18.3 Å². The number of aliphatic hydroxyl groups excluding tert-OH is 1. The van der Waals surface area contributed by atoms with E-state index in [-0.39, 0.29) is 19.0 Å². The van der Waals surface area contributed by atoms with Crippen molar-refractivity contribution in [1.82, 2.24) is 9.88 Å². The largest absolute Gasteiger partial charge is 0.472 e. The van der Waals surface area contributed by atoms with Crippen molar-refractivity contribution in [3.8, 4) is 5.88 Å². The van der Waals surface area contributed by atoms with Gasteiger partial charge in [-0.15, -0.1) is 0 Å². The average Bonchev–Trinajstić information content (AvgIpc) is 2.88. The molecular weight excluding hydrogens is 341 g/mol. The quantitative estimate of drug-likeness (QED) is 0.895. The Kier molecular flexibility index (Phi) is 5.46. The van der Waals surface area contributed by atoms with E-state index in [0.29, 0.717) is 12.6 Å². The number of carbonyl (C=O) groups is 1. The molecule has 0 radical (unpaired) electrons. The van der Waals surface area contributed by atoms with Gasteiger partial charge in [-0.2, -0.15) is 13.2 Å². The predicted octanol–water partition coefficient (Wildman–Crippen LogP) is 2.85. The van der Waals surface area contributed by atoms with E-state index in [9.17, 15) is 23.1 Å². The normalized spacial score (nSPS) is 21.3. The zero-order chi connectivity index (χ0) is 18.8. The van der Waals surface area contributed by atoms with Crippen molar-refractivity contribution >= 4 is 6.09 Å². The number of aliphatic hydroxyl groups is 1. The smallest absolute Gasteiger partial charge is 0.417 e. The molecule has 0 saturated carbocycles. The molecule has 1 aliphatic rings. The van der Waals surface area contributed by atoms with Crippen LogP contribution in [0.3, 0.4) is 0 Å². The first kappa shape index (κ1) is 19.3. The van der Waals surface area contributed by atoms with Crippen molar-refractivity contribution in [2.75, 3.05) is 13.2 Å². The zero-order valence-corrected chi connectivity index (χ0v) is 14.2. The van der Waals surface area contributed by atoms with Crippen molar-refractivity contribution in [1.29, 1.82) is 0 Å². The molecule has 1 aromatic rings. The maximum Gasteiger partial charge on any atom is 0.417 e. The fourth-order valence-corrected chi connectivity index (χ4v) is 2.46. The summed E-state index contributed by atoms with van der Waals surface area (Å²) in [6, 6.07) is 1.54. The highest BCUT2D eigenvalue weighted by Crippen LogP contribution is 2.30. The summed E-state index contributed by atoms with van der Waals surface area (Å²) >= 11 is 0. The van der Waals surface area contributed by atoms with E-state index in [4.69, 9.17) is 9.47 Å². The zero-order valence-electron chi connectivity index (χ0n) is 14.2. The number of pyridine rings is 1. The summed E-state index contributed by atoms with van der Waals surface area (Å²) in [6.07, 6.45) is -4.50. The highest BCUT2D eigenvalue weighted by Gasteiger charge is 2.38. The Bertz CT molecular complexity index is 599. The summed E-state index contributed by atoms with van der Waals surface area (Å²) in [6.45, 7) is 5.08. The third-order valence-electron chi connectivity index (χ3n) is 3.57. The lowest BCUT2D eigenvalue weighted by Gasteiger charge is -2.27. The van der Waals surface area contributed by atoms with Crippen LogP contribution in [-0.4, -0.2) is 52.0 Å².